The molecular weight excluding hydrogens is 618 g/mol. The maximum atomic E-state index is 13.3. The number of ketones is 1. The van der Waals surface area contributed by atoms with Crippen molar-refractivity contribution in [2.24, 2.45) is 10.9 Å². The molecule has 0 fully saturated rings. The third-order valence-electron chi connectivity index (χ3n) is 8.60. The van der Waals surface area contributed by atoms with E-state index in [1.807, 2.05) is 12.2 Å². The molecular formula is C40H53N3O6. The van der Waals surface area contributed by atoms with E-state index >= 15 is 0 Å². The number of rotatable bonds is 27. The summed E-state index contributed by atoms with van der Waals surface area (Å²) in [6.07, 6.45) is 26.0. The number of nitrogens with zero attached hydrogens (tertiary/aromatic N) is 1. The predicted octanol–water partition coefficient (Wildman–Crippen LogP) is 9.52. The molecule has 0 bridgehead atoms. The van der Waals surface area contributed by atoms with Crippen LogP contribution in [0.4, 0.5) is 11.4 Å². The van der Waals surface area contributed by atoms with Crippen LogP contribution in [0, 0.1) is 5.92 Å². The largest absolute Gasteiger partial charge is 0.478 e. The minimum absolute atomic E-state index is 0.0749. The van der Waals surface area contributed by atoms with Gasteiger partial charge < -0.3 is 15.2 Å². The molecule has 2 aromatic carbocycles. The molecule has 0 radical (unpaired) electrons. The van der Waals surface area contributed by atoms with E-state index in [-0.39, 0.29) is 23.7 Å². The third-order valence-corrected chi connectivity index (χ3v) is 8.60. The number of aromatic carboxylic acids is 1. The molecule has 2 unspecified atom stereocenters. The average Bonchev–Trinajstić information content (AvgIpc) is 3.08. The quantitative estimate of drug-likeness (QED) is 0.0283. The molecule has 264 valence electrons. The molecule has 1 aliphatic rings. The lowest BCUT2D eigenvalue weighted by molar-refractivity contribution is -0.120. The summed E-state index contributed by atoms with van der Waals surface area (Å²) in [4.78, 5) is 58.6. The van der Waals surface area contributed by atoms with Gasteiger partial charge in [0.1, 0.15) is 6.29 Å². The van der Waals surface area contributed by atoms with Crippen LogP contribution in [0.3, 0.4) is 0 Å². The Hall–Kier alpha value is -4.37. The number of aldehydes is 1. The van der Waals surface area contributed by atoms with E-state index in [0.717, 1.165) is 19.1 Å². The summed E-state index contributed by atoms with van der Waals surface area (Å²) in [6, 6.07) is 12.5. The van der Waals surface area contributed by atoms with Gasteiger partial charge in [0.25, 0.3) is 0 Å². The van der Waals surface area contributed by atoms with Gasteiger partial charge in [-0.3, -0.25) is 24.9 Å². The second-order valence-electron chi connectivity index (χ2n) is 12.6. The average molecular weight is 672 g/mol. The van der Waals surface area contributed by atoms with Gasteiger partial charge in [0.2, 0.25) is 5.91 Å². The van der Waals surface area contributed by atoms with E-state index in [4.69, 9.17) is 4.84 Å². The number of nitrogens with one attached hydrogen (secondary N) is 2. The monoisotopic (exact) mass is 671 g/mol. The number of carbonyl (C=O) groups is 4. The summed E-state index contributed by atoms with van der Waals surface area (Å²) in [5.41, 5.74) is 4.36. The van der Waals surface area contributed by atoms with Gasteiger partial charge in [0, 0.05) is 23.9 Å². The molecule has 9 nitrogen and oxygen atoms in total. The normalized spacial score (nSPS) is 13.4. The first kappa shape index (κ1) is 39.1. The van der Waals surface area contributed by atoms with Crippen LogP contribution < -0.4 is 10.8 Å². The van der Waals surface area contributed by atoms with Crippen LogP contribution in [0.1, 0.15) is 130 Å². The fourth-order valence-corrected chi connectivity index (χ4v) is 5.60. The molecule has 49 heavy (non-hydrogen) atoms. The van der Waals surface area contributed by atoms with E-state index in [0.29, 0.717) is 22.6 Å². The maximum Gasteiger partial charge on any atom is 0.335 e. The minimum atomic E-state index is -1.08. The van der Waals surface area contributed by atoms with Crippen LogP contribution in [0.2, 0.25) is 0 Å². The summed E-state index contributed by atoms with van der Waals surface area (Å²) in [5, 5.41) is 12.1. The van der Waals surface area contributed by atoms with Gasteiger partial charge in [-0.2, -0.15) is 0 Å². The van der Waals surface area contributed by atoms with Crippen LogP contribution in [0.15, 0.2) is 78.0 Å². The van der Waals surface area contributed by atoms with E-state index in [9.17, 15) is 24.3 Å². The first-order valence-corrected chi connectivity index (χ1v) is 18.0. The molecule has 0 aliphatic carbocycles. The maximum absolute atomic E-state index is 13.3. The number of amides is 1. The first-order valence-electron chi connectivity index (χ1n) is 18.0. The van der Waals surface area contributed by atoms with Gasteiger partial charge in [-0.15, -0.1) is 0 Å². The van der Waals surface area contributed by atoms with Gasteiger partial charge in [-0.05, 0) is 61.4 Å². The number of aliphatic imine (C=N–C) groups is 1. The zero-order valence-electron chi connectivity index (χ0n) is 28.9. The Morgan fingerprint density at radius 2 is 1.43 bits per heavy atom. The molecule has 1 aliphatic heterocycles. The Kier molecular flexibility index (Phi) is 18.4. The molecule has 2 atom stereocenters. The van der Waals surface area contributed by atoms with Gasteiger partial charge in [-0.25, -0.2) is 4.79 Å². The van der Waals surface area contributed by atoms with Gasteiger partial charge >= 0.3 is 5.97 Å². The molecule has 0 spiro atoms. The smallest absolute Gasteiger partial charge is 0.335 e. The molecule has 1 amide bonds. The number of carboxylic acids is 1. The van der Waals surface area contributed by atoms with Crippen molar-refractivity contribution in [3.8, 4) is 0 Å². The molecule has 2 aromatic rings. The summed E-state index contributed by atoms with van der Waals surface area (Å²) in [6.45, 7) is 2.26. The van der Waals surface area contributed by atoms with E-state index in [2.05, 4.69) is 22.7 Å². The zero-order chi connectivity index (χ0) is 35.1. The fourth-order valence-electron chi connectivity index (χ4n) is 5.60. The molecule has 0 saturated heterocycles. The minimum Gasteiger partial charge on any atom is -0.478 e. The Morgan fingerprint density at radius 3 is 1.98 bits per heavy atom. The van der Waals surface area contributed by atoms with Gasteiger partial charge in [-0.1, -0.05) is 109 Å². The number of anilines is 2. The second kappa shape index (κ2) is 23.1. The summed E-state index contributed by atoms with van der Waals surface area (Å²) < 4.78 is 0. The highest BCUT2D eigenvalue weighted by Crippen LogP contribution is 2.19. The van der Waals surface area contributed by atoms with Crippen molar-refractivity contribution in [3.63, 3.8) is 0 Å². The van der Waals surface area contributed by atoms with Crippen molar-refractivity contribution in [2.75, 3.05) is 10.8 Å². The number of carboxylic acid groups (broad SMARTS) is 1. The molecule has 0 aromatic heterocycles. The Labute approximate surface area is 291 Å². The lowest BCUT2D eigenvalue weighted by Gasteiger charge is -2.20. The number of carbonyl (C=O) groups excluding carboxylic acids is 3. The van der Waals surface area contributed by atoms with E-state index in [1.165, 1.54) is 95.6 Å². The number of hydrogen-bond donors (Lipinski definition) is 3. The van der Waals surface area contributed by atoms with E-state index < -0.39 is 18.0 Å². The summed E-state index contributed by atoms with van der Waals surface area (Å²) in [5.74, 6) is -2.31. The Bertz CT molecular complexity index is 1420. The topological polar surface area (TPSA) is 134 Å². The SMILES string of the molecule is CCCCCCCCCCCCCCCCC=CC(CC=O)C(=O)Nc1ccc(C(=O)C(ONc2cccc(C(=O)O)c2)C2=NC=C2)cc1. The zero-order valence-corrected chi connectivity index (χ0v) is 28.9. The summed E-state index contributed by atoms with van der Waals surface area (Å²) >= 11 is 0. The van der Waals surface area contributed by atoms with Crippen LogP contribution in [0.5, 0.6) is 0 Å². The van der Waals surface area contributed by atoms with Crippen molar-refractivity contribution in [1.82, 2.24) is 0 Å². The lowest BCUT2D eigenvalue weighted by Crippen LogP contribution is -2.35. The second-order valence-corrected chi connectivity index (χ2v) is 12.6. The molecule has 1 heterocycles. The van der Waals surface area contributed by atoms with E-state index in [1.54, 1.807) is 48.7 Å². The highest BCUT2D eigenvalue weighted by Gasteiger charge is 2.28. The van der Waals surface area contributed by atoms with Crippen molar-refractivity contribution < 1.29 is 29.1 Å². The fraction of sp³-hybridized carbons (Fsp3) is 0.475. The van der Waals surface area contributed by atoms with Crippen LogP contribution >= 0.6 is 0 Å². The number of Topliss-reactive ketones (excluding diaryl/α,β-unsaturated/α-hetero) is 1. The van der Waals surface area contributed by atoms with Crippen LogP contribution in [-0.4, -0.2) is 40.9 Å². The highest BCUT2D eigenvalue weighted by atomic mass is 16.7. The predicted molar refractivity (Wildman–Crippen MR) is 196 cm³/mol. The van der Waals surface area contributed by atoms with Gasteiger partial charge in [0.15, 0.2) is 11.9 Å². The lowest BCUT2D eigenvalue weighted by atomic mass is 10.0. The molecule has 9 heteroatoms. The first-order chi connectivity index (χ1) is 23.9. The summed E-state index contributed by atoms with van der Waals surface area (Å²) in [7, 11) is 0. The molecule has 3 rings (SSSR count). The standard InChI is InChI=1S/C40H53N3O6/c1-2-3-4-5-6-7-8-9-10-11-12-13-14-15-16-17-19-32(27-29-44)39(46)42-34-24-22-31(23-25-34)37(45)38(36-26-28-41-36)49-43-35-21-18-20-33(30-35)40(47)48/h17-26,28-30,32,38,43H,2-16,27H2,1H3,(H,42,46)(H,47,48). The molecule has 3 N–H and O–H groups in total. The number of benzene rings is 2. The van der Waals surface area contributed by atoms with Crippen molar-refractivity contribution in [2.45, 2.75) is 116 Å². The van der Waals surface area contributed by atoms with Crippen LogP contribution in [-0.2, 0) is 14.4 Å². The number of hydrogen-bond acceptors (Lipinski definition) is 7. The Morgan fingerprint density at radius 1 is 0.816 bits per heavy atom. The number of allylic oxidation sites excluding steroid dienone is 1. The van der Waals surface area contributed by atoms with Crippen molar-refractivity contribution in [3.05, 3.63) is 84.1 Å². The van der Waals surface area contributed by atoms with Gasteiger partial charge in [0.05, 0.1) is 22.9 Å². The Balaban J connectivity index is 1.38. The third kappa shape index (κ3) is 14.7. The number of unbranched alkanes of at least 4 members (excludes halogenated alkanes) is 14. The molecule has 0 saturated carbocycles. The van der Waals surface area contributed by atoms with Crippen molar-refractivity contribution in [1.29, 1.82) is 0 Å². The highest BCUT2D eigenvalue weighted by molar-refractivity contribution is 6.20. The van der Waals surface area contributed by atoms with Crippen molar-refractivity contribution >= 4 is 41.0 Å². The van der Waals surface area contributed by atoms with Crippen LogP contribution in [0.25, 0.3) is 0 Å².